The quantitative estimate of drug-likeness (QED) is 0.854. The van der Waals surface area contributed by atoms with Crippen molar-refractivity contribution < 1.29 is 4.74 Å². The van der Waals surface area contributed by atoms with Crippen LogP contribution in [0.5, 0.6) is 5.88 Å². The molecule has 1 heterocycles. The lowest BCUT2D eigenvalue weighted by Gasteiger charge is -2.29. The van der Waals surface area contributed by atoms with E-state index in [0.29, 0.717) is 11.9 Å². The molecule has 1 aromatic rings. The Morgan fingerprint density at radius 2 is 2.11 bits per heavy atom. The van der Waals surface area contributed by atoms with Crippen molar-refractivity contribution in [2.24, 2.45) is 5.73 Å². The van der Waals surface area contributed by atoms with Gasteiger partial charge < -0.3 is 15.8 Å². The Morgan fingerprint density at radius 3 is 2.83 bits per heavy atom. The van der Waals surface area contributed by atoms with Crippen LogP contribution in [0.2, 0.25) is 0 Å². The first-order valence-corrected chi connectivity index (χ1v) is 6.66. The summed E-state index contributed by atoms with van der Waals surface area (Å²) in [5.41, 5.74) is 6.11. The first-order chi connectivity index (χ1) is 8.65. The van der Waals surface area contributed by atoms with Crippen LogP contribution in [0.15, 0.2) is 12.4 Å². The molecule has 0 bridgehead atoms. The third kappa shape index (κ3) is 3.57. The summed E-state index contributed by atoms with van der Waals surface area (Å²) in [4.78, 5) is 8.30. The second-order valence-corrected chi connectivity index (χ2v) is 5.11. The lowest BCUT2D eigenvalue weighted by atomic mass is 9.91. The standard InChI is InChI=1S/C13H22N4O/c1-9(2)18-13-7-12(15-8-16-13)17-11-6-4-3-5-10(11)14/h7-11H,3-6,14H2,1-2H3,(H,15,16,17). The fraction of sp³-hybridized carbons (Fsp3) is 0.692. The molecule has 0 radical (unpaired) electrons. The van der Waals surface area contributed by atoms with Crippen LogP contribution < -0.4 is 15.8 Å². The van der Waals surface area contributed by atoms with Gasteiger partial charge in [0.25, 0.3) is 0 Å². The zero-order valence-electron chi connectivity index (χ0n) is 11.1. The summed E-state index contributed by atoms with van der Waals surface area (Å²) in [6, 6.07) is 2.35. The Labute approximate surface area is 108 Å². The minimum absolute atomic E-state index is 0.115. The van der Waals surface area contributed by atoms with Crippen molar-refractivity contribution in [1.82, 2.24) is 9.97 Å². The van der Waals surface area contributed by atoms with Gasteiger partial charge in [-0.05, 0) is 26.7 Å². The molecule has 0 amide bonds. The van der Waals surface area contributed by atoms with Crippen LogP contribution in [0.25, 0.3) is 0 Å². The highest BCUT2D eigenvalue weighted by Gasteiger charge is 2.21. The Hall–Kier alpha value is -1.36. The number of ether oxygens (including phenoxy) is 1. The first kappa shape index (κ1) is 13.1. The lowest BCUT2D eigenvalue weighted by molar-refractivity contribution is 0.232. The molecule has 3 N–H and O–H groups in total. The number of aromatic nitrogens is 2. The molecule has 2 rings (SSSR count). The van der Waals surface area contributed by atoms with E-state index >= 15 is 0 Å². The van der Waals surface area contributed by atoms with Gasteiger partial charge in [0.2, 0.25) is 5.88 Å². The number of hydrogen-bond acceptors (Lipinski definition) is 5. The van der Waals surface area contributed by atoms with Crippen LogP contribution >= 0.6 is 0 Å². The second kappa shape index (κ2) is 6.00. The van der Waals surface area contributed by atoms with Gasteiger partial charge in [-0.3, -0.25) is 0 Å². The van der Waals surface area contributed by atoms with E-state index in [0.717, 1.165) is 18.7 Å². The third-order valence-corrected chi connectivity index (χ3v) is 3.15. The normalized spacial score (nSPS) is 24.0. The first-order valence-electron chi connectivity index (χ1n) is 6.66. The van der Waals surface area contributed by atoms with E-state index in [9.17, 15) is 0 Å². The predicted molar refractivity (Wildman–Crippen MR) is 71.7 cm³/mol. The molecule has 2 unspecified atom stereocenters. The highest BCUT2D eigenvalue weighted by molar-refractivity contribution is 5.38. The molecule has 100 valence electrons. The molecule has 0 aromatic carbocycles. The van der Waals surface area contributed by atoms with Crippen molar-refractivity contribution in [3.8, 4) is 5.88 Å². The van der Waals surface area contributed by atoms with Gasteiger partial charge in [-0.15, -0.1) is 0 Å². The van der Waals surface area contributed by atoms with Crippen molar-refractivity contribution in [3.05, 3.63) is 12.4 Å². The van der Waals surface area contributed by atoms with Crippen molar-refractivity contribution in [1.29, 1.82) is 0 Å². The molecule has 1 aliphatic carbocycles. The van der Waals surface area contributed by atoms with Gasteiger partial charge in [0.15, 0.2) is 0 Å². The van der Waals surface area contributed by atoms with Crippen LogP contribution in [-0.2, 0) is 0 Å². The molecule has 1 saturated carbocycles. The molecule has 0 spiro atoms. The van der Waals surface area contributed by atoms with Gasteiger partial charge in [0.1, 0.15) is 12.1 Å². The fourth-order valence-corrected chi connectivity index (χ4v) is 2.25. The van der Waals surface area contributed by atoms with E-state index in [1.54, 1.807) is 0 Å². The zero-order valence-corrected chi connectivity index (χ0v) is 11.1. The molecule has 2 atom stereocenters. The maximum absolute atomic E-state index is 6.11. The highest BCUT2D eigenvalue weighted by Crippen LogP contribution is 2.21. The monoisotopic (exact) mass is 250 g/mol. The van der Waals surface area contributed by atoms with Gasteiger partial charge >= 0.3 is 0 Å². The number of nitrogens with zero attached hydrogens (tertiary/aromatic N) is 2. The molecule has 0 aliphatic heterocycles. The average molecular weight is 250 g/mol. The van der Waals surface area contributed by atoms with Crippen LogP contribution in [0.1, 0.15) is 39.5 Å². The van der Waals surface area contributed by atoms with Gasteiger partial charge in [0.05, 0.1) is 6.10 Å². The van der Waals surface area contributed by atoms with E-state index in [1.165, 1.54) is 19.2 Å². The molecule has 1 aliphatic rings. The molecule has 5 nitrogen and oxygen atoms in total. The number of rotatable bonds is 4. The Balaban J connectivity index is 1.99. The van der Waals surface area contributed by atoms with E-state index < -0.39 is 0 Å². The summed E-state index contributed by atoms with van der Waals surface area (Å²) < 4.78 is 5.55. The van der Waals surface area contributed by atoms with Crippen LogP contribution in [0.4, 0.5) is 5.82 Å². The average Bonchev–Trinajstić information content (AvgIpc) is 2.32. The van der Waals surface area contributed by atoms with E-state index in [1.807, 2.05) is 19.9 Å². The van der Waals surface area contributed by atoms with Gasteiger partial charge in [-0.1, -0.05) is 12.8 Å². The second-order valence-electron chi connectivity index (χ2n) is 5.11. The smallest absolute Gasteiger partial charge is 0.218 e. The molecular formula is C13H22N4O. The maximum Gasteiger partial charge on any atom is 0.218 e. The molecule has 1 fully saturated rings. The minimum Gasteiger partial charge on any atom is -0.475 e. The van der Waals surface area contributed by atoms with Gasteiger partial charge in [0, 0.05) is 18.2 Å². The fourth-order valence-electron chi connectivity index (χ4n) is 2.25. The molecular weight excluding hydrogens is 228 g/mol. The van der Waals surface area contributed by atoms with Crippen molar-refractivity contribution >= 4 is 5.82 Å². The summed E-state index contributed by atoms with van der Waals surface area (Å²) >= 11 is 0. The van der Waals surface area contributed by atoms with E-state index in [-0.39, 0.29) is 12.1 Å². The molecule has 0 saturated heterocycles. The van der Waals surface area contributed by atoms with Crippen molar-refractivity contribution in [3.63, 3.8) is 0 Å². The summed E-state index contributed by atoms with van der Waals surface area (Å²) in [6.45, 7) is 3.96. The predicted octanol–water partition coefficient (Wildman–Crippen LogP) is 1.95. The third-order valence-electron chi connectivity index (χ3n) is 3.15. The Kier molecular flexibility index (Phi) is 4.36. The Morgan fingerprint density at radius 1 is 1.33 bits per heavy atom. The van der Waals surface area contributed by atoms with Crippen LogP contribution in [0.3, 0.4) is 0 Å². The summed E-state index contributed by atoms with van der Waals surface area (Å²) in [5, 5.41) is 3.39. The number of nitrogens with two attached hydrogens (primary N) is 1. The van der Waals surface area contributed by atoms with Crippen molar-refractivity contribution in [2.75, 3.05) is 5.32 Å². The largest absolute Gasteiger partial charge is 0.475 e. The lowest BCUT2D eigenvalue weighted by Crippen LogP contribution is -2.42. The zero-order chi connectivity index (χ0) is 13.0. The van der Waals surface area contributed by atoms with Crippen LogP contribution in [0, 0.1) is 0 Å². The van der Waals surface area contributed by atoms with Gasteiger partial charge in [-0.25, -0.2) is 9.97 Å². The number of nitrogens with one attached hydrogen (secondary N) is 1. The highest BCUT2D eigenvalue weighted by atomic mass is 16.5. The SMILES string of the molecule is CC(C)Oc1cc(NC2CCCCC2N)ncn1. The van der Waals surface area contributed by atoms with E-state index in [4.69, 9.17) is 10.5 Å². The minimum atomic E-state index is 0.115. The summed E-state index contributed by atoms with van der Waals surface area (Å²) in [7, 11) is 0. The topological polar surface area (TPSA) is 73.1 Å². The van der Waals surface area contributed by atoms with Crippen molar-refractivity contribution in [2.45, 2.75) is 57.7 Å². The number of anilines is 1. The maximum atomic E-state index is 6.11. The molecule has 5 heteroatoms. The van der Waals surface area contributed by atoms with E-state index in [2.05, 4.69) is 15.3 Å². The molecule has 18 heavy (non-hydrogen) atoms. The summed E-state index contributed by atoms with van der Waals surface area (Å²) in [5.74, 6) is 1.40. The number of hydrogen-bond donors (Lipinski definition) is 2. The summed E-state index contributed by atoms with van der Waals surface area (Å²) in [6.07, 6.45) is 6.28. The van der Waals surface area contributed by atoms with Crippen LogP contribution in [-0.4, -0.2) is 28.2 Å². The molecule has 1 aromatic heterocycles. The van der Waals surface area contributed by atoms with Gasteiger partial charge in [-0.2, -0.15) is 0 Å². The Bertz CT molecular complexity index is 383.